The summed E-state index contributed by atoms with van der Waals surface area (Å²) in [6.45, 7) is 5.36. The third-order valence-corrected chi connectivity index (χ3v) is 5.25. The topological polar surface area (TPSA) is 216 Å². The normalized spacial score (nSPS) is 15.0. The molecule has 0 aliphatic rings. The molecule has 0 aromatic heterocycles. The lowest BCUT2D eigenvalue weighted by atomic mass is 10.0. The summed E-state index contributed by atoms with van der Waals surface area (Å²) in [4.78, 5) is 49.3. The van der Waals surface area contributed by atoms with Crippen molar-refractivity contribution in [1.29, 1.82) is 0 Å². The molecule has 0 unspecified atom stereocenters. The molecule has 0 radical (unpaired) electrons. The largest absolute Gasteiger partial charge is 0.480 e. The quantitative estimate of drug-likeness (QED) is 0.0843. The molecule has 0 spiro atoms. The van der Waals surface area contributed by atoms with Gasteiger partial charge in [0.2, 0.25) is 11.8 Å². The van der Waals surface area contributed by atoms with Gasteiger partial charge in [-0.25, -0.2) is 4.79 Å². The average molecular weight is 479 g/mol. The summed E-state index contributed by atoms with van der Waals surface area (Å²) in [5.74, 6) is -2.40. The summed E-state index contributed by atoms with van der Waals surface area (Å²) in [5.41, 5.74) is 14.5. The van der Waals surface area contributed by atoms with Gasteiger partial charge in [-0.1, -0.05) is 13.8 Å². The summed E-state index contributed by atoms with van der Waals surface area (Å²) < 4.78 is 0. The smallest absolute Gasteiger partial charge is 0.326 e. The number of carboxylic acid groups (broad SMARTS) is 1. The van der Waals surface area contributed by atoms with E-state index < -0.39 is 48.2 Å². The van der Waals surface area contributed by atoms with Crippen LogP contribution in [0.2, 0.25) is 0 Å². The predicted octanol–water partition coefficient (Wildman–Crippen LogP) is -2.86. The Kier molecular flexibility index (Phi) is 14.9. The van der Waals surface area contributed by atoms with Gasteiger partial charge in [0.25, 0.3) is 5.91 Å². The highest BCUT2D eigenvalue weighted by atomic mass is 32.2. The Bertz CT molecular complexity index is 619. The summed E-state index contributed by atoms with van der Waals surface area (Å²) in [6, 6.07) is -3.49. The molecular weight excluding hydrogens is 438 g/mol. The molecule has 12 nitrogen and oxygen atoms in total. The van der Waals surface area contributed by atoms with Crippen molar-refractivity contribution in [3.05, 3.63) is 0 Å². The van der Waals surface area contributed by atoms with Gasteiger partial charge in [-0.3, -0.25) is 19.7 Å². The van der Waals surface area contributed by atoms with E-state index in [0.717, 1.165) is 0 Å². The van der Waals surface area contributed by atoms with Crippen LogP contribution in [0, 0.1) is 5.92 Å². The number of carbonyl (C=O) groups excluding carboxylic acids is 3. The summed E-state index contributed by atoms with van der Waals surface area (Å²) in [5, 5.41) is 20.0. The average Bonchev–Trinajstić information content (AvgIpc) is 2.69. The fourth-order valence-electron chi connectivity index (χ4n) is 2.70. The third kappa shape index (κ3) is 12.2. The number of amides is 3. The van der Waals surface area contributed by atoms with Crippen LogP contribution in [-0.2, 0) is 19.2 Å². The lowest BCUT2D eigenvalue weighted by Crippen LogP contribution is -2.67. The van der Waals surface area contributed by atoms with Crippen LogP contribution in [0.15, 0.2) is 0 Å². The van der Waals surface area contributed by atoms with E-state index in [1.54, 1.807) is 20.8 Å². The molecule has 0 fully saturated rings. The van der Waals surface area contributed by atoms with Crippen molar-refractivity contribution < 1.29 is 30.0 Å². The molecule has 3 amide bonds. The molecule has 0 bridgehead atoms. The molecule has 4 atom stereocenters. The number of rotatable bonds is 16. The van der Waals surface area contributed by atoms with Crippen LogP contribution in [0.1, 0.15) is 40.0 Å². The predicted molar refractivity (Wildman–Crippen MR) is 123 cm³/mol. The highest BCUT2D eigenvalue weighted by molar-refractivity contribution is 7.98. The SMILES string of the molecule is CSCC[C@H](NC(=O)[C@H](C)[NH3+])C(=O)N[C@@H](CCCNC(N)N)C(=O)N[C@H](C(=O)O)C(C)C. The van der Waals surface area contributed by atoms with E-state index in [1.807, 2.05) is 6.26 Å². The Morgan fingerprint density at radius 1 is 0.938 bits per heavy atom. The Morgan fingerprint density at radius 2 is 1.47 bits per heavy atom. The Morgan fingerprint density at radius 3 is 1.94 bits per heavy atom. The minimum absolute atomic E-state index is 0.219. The van der Waals surface area contributed by atoms with Gasteiger partial charge < -0.3 is 38.3 Å². The molecule has 0 aliphatic carbocycles. The van der Waals surface area contributed by atoms with Crippen molar-refractivity contribution in [3.8, 4) is 0 Å². The second kappa shape index (κ2) is 15.8. The number of hydrogen-bond acceptors (Lipinski definition) is 8. The van der Waals surface area contributed by atoms with Crippen LogP contribution in [0.3, 0.4) is 0 Å². The molecule has 0 saturated carbocycles. The van der Waals surface area contributed by atoms with Gasteiger partial charge in [0.1, 0.15) is 24.4 Å². The van der Waals surface area contributed by atoms with Crippen molar-refractivity contribution in [2.75, 3.05) is 18.6 Å². The fraction of sp³-hybridized carbons (Fsp3) is 0.789. The van der Waals surface area contributed by atoms with Gasteiger partial charge in [0.05, 0.1) is 0 Å². The molecule has 32 heavy (non-hydrogen) atoms. The molecule has 12 N–H and O–H groups in total. The van der Waals surface area contributed by atoms with Crippen molar-refractivity contribution in [2.45, 2.75) is 70.5 Å². The Hall–Kier alpha value is -1.93. The summed E-state index contributed by atoms with van der Waals surface area (Å²) in [7, 11) is 0. The molecule has 0 aliphatic heterocycles. The maximum Gasteiger partial charge on any atom is 0.326 e. The van der Waals surface area contributed by atoms with Crippen LogP contribution < -0.4 is 38.5 Å². The Labute approximate surface area is 193 Å². The van der Waals surface area contributed by atoms with E-state index in [2.05, 4.69) is 27.0 Å². The van der Waals surface area contributed by atoms with Crippen LogP contribution in [0.25, 0.3) is 0 Å². The standard InChI is InChI=1S/C19H39N7O5S/c1-10(2)14(18(30)31)26-17(29)12(6-5-8-23-19(21)22)25-16(28)13(7-9-32-4)24-15(27)11(3)20/h10-14,19,23H,5-9,20-22H2,1-4H3,(H,24,27)(H,25,28)(H,26,29)(H,30,31)/p+1/t11-,12-,13-,14-/m0/s1. The number of quaternary nitrogens is 1. The zero-order chi connectivity index (χ0) is 24.8. The first-order valence-corrected chi connectivity index (χ1v) is 12.0. The first-order valence-electron chi connectivity index (χ1n) is 10.6. The summed E-state index contributed by atoms with van der Waals surface area (Å²) >= 11 is 1.52. The summed E-state index contributed by atoms with van der Waals surface area (Å²) in [6.07, 6.45) is 2.19. The van der Waals surface area contributed by atoms with E-state index in [9.17, 15) is 24.3 Å². The van der Waals surface area contributed by atoms with Crippen molar-refractivity contribution in [2.24, 2.45) is 17.4 Å². The minimum atomic E-state index is -1.16. The van der Waals surface area contributed by atoms with E-state index in [4.69, 9.17) is 11.5 Å². The first kappa shape index (κ1) is 30.1. The first-order chi connectivity index (χ1) is 14.9. The van der Waals surface area contributed by atoms with Gasteiger partial charge in [0, 0.05) is 0 Å². The minimum Gasteiger partial charge on any atom is -0.480 e. The second-order valence-electron chi connectivity index (χ2n) is 8.00. The molecule has 0 heterocycles. The molecule has 0 aromatic carbocycles. The molecule has 13 heteroatoms. The zero-order valence-corrected chi connectivity index (χ0v) is 20.2. The van der Waals surface area contributed by atoms with Gasteiger partial charge in [0.15, 0.2) is 6.04 Å². The Balaban J connectivity index is 5.41. The van der Waals surface area contributed by atoms with Crippen LogP contribution in [-0.4, -0.2) is 77.8 Å². The molecule has 0 rings (SSSR count). The van der Waals surface area contributed by atoms with Gasteiger partial charge in [-0.15, -0.1) is 0 Å². The van der Waals surface area contributed by atoms with E-state index in [-0.39, 0.29) is 18.2 Å². The van der Waals surface area contributed by atoms with E-state index in [1.165, 1.54) is 11.8 Å². The van der Waals surface area contributed by atoms with Crippen molar-refractivity contribution in [3.63, 3.8) is 0 Å². The second-order valence-corrected chi connectivity index (χ2v) is 8.98. The molecule has 0 aromatic rings. The molecule has 0 saturated heterocycles. The van der Waals surface area contributed by atoms with Crippen LogP contribution >= 0.6 is 11.8 Å². The highest BCUT2D eigenvalue weighted by Crippen LogP contribution is 2.07. The number of carboxylic acids is 1. The lowest BCUT2D eigenvalue weighted by Gasteiger charge is -2.25. The number of thioether (sulfide) groups is 1. The number of carbonyl (C=O) groups is 4. The van der Waals surface area contributed by atoms with Gasteiger partial charge >= 0.3 is 5.97 Å². The van der Waals surface area contributed by atoms with Crippen molar-refractivity contribution in [1.82, 2.24) is 21.3 Å². The third-order valence-electron chi connectivity index (χ3n) is 4.60. The van der Waals surface area contributed by atoms with Crippen LogP contribution in [0.4, 0.5) is 0 Å². The molecule has 186 valence electrons. The fourth-order valence-corrected chi connectivity index (χ4v) is 3.17. The number of nitrogens with two attached hydrogens (primary N) is 2. The lowest BCUT2D eigenvalue weighted by molar-refractivity contribution is -0.398. The van der Waals surface area contributed by atoms with Gasteiger partial charge in [-0.05, 0) is 50.7 Å². The van der Waals surface area contributed by atoms with Crippen LogP contribution in [0.5, 0.6) is 0 Å². The maximum atomic E-state index is 12.9. The number of hydrogen-bond donors (Lipinski definition) is 8. The number of nitrogens with one attached hydrogen (secondary N) is 4. The monoisotopic (exact) mass is 478 g/mol. The van der Waals surface area contributed by atoms with E-state index >= 15 is 0 Å². The highest BCUT2D eigenvalue weighted by Gasteiger charge is 2.31. The van der Waals surface area contributed by atoms with E-state index in [0.29, 0.717) is 25.1 Å². The van der Waals surface area contributed by atoms with Crippen molar-refractivity contribution >= 4 is 35.5 Å². The molecular formula is C19H40N7O5S+. The van der Waals surface area contributed by atoms with Gasteiger partial charge in [-0.2, -0.15) is 11.8 Å². The zero-order valence-electron chi connectivity index (χ0n) is 19.3. The number of aliphatic carboxylic acids is 1. The maximum absolute atomic E-state index is 12.9.